The Morgan fingerprint density at radius 2 is 1.96 bits per heavy atom. The normalized spacial score (nSPS) is 10.4. The van der Waals surface area contributed by atoms with Crippen molar-refractivity contribution in [3.05, 3.63) is 59.4 Å². The number of aromatic hydroxyl groups is 1. The third-order valence-corrected chi connectivity index (χ3v) is 4.01. The van der Waals surface area contributed by atoms with Gasteiger partial charge in [-0.05, 0) is 42.3 Å². The predicted molar refractivity (Wildman–Crippen MR) is 95.9 cm³/mol. The van der Waals surface area contributed by atoms with Crippen LogP contribution in [0.3, 0.4) is 0 Å². The second-order valence-electron chi connectivity index (χ2n) is 6.04. The maximum absolute atomic E-state index is 11.9. The lowest BCUT2D eigenvalue weighted by Crippen LogP contribution is -2.21. The van der Waals surface area contributed by atoms with Crippen molar-refractivity contribution in [3.8, 4) is 28.9 Å². The van der Waals surface area contributed by atoms with Crippen LogP contribution in [0.2, 0.25) is 0 Å². The Hall–Kier alpha value is -3.66. The molecule has 130 valence electrons. The molecule has 0 aliphatic heterocycles. The van der Waals surface area contributed by atoms with E-state index >= 15 is 0 Å². The van der Waals surface area contributed by atoms with E-state index in [9.17, 15) is 9.90 Å². The number of hydrogen-bond acceptors (Lipinski definition) is 5. The molecule has 0 radical (unpaired) electrons. The molecule has 0 saturated carbocycles. The lowest BCUT2D eigenvalue weighted by atomic mass is 10.0. The largest absolute Gasteiger partial charge is 0.493 e. The van der Waals surface area contributed by atoms with Crippen LogP contribution < -0.4 is 0 Å². The summed E-state index contributed by atoms with van der Waals surface area (Å²) in [5.74, 6) is 0.190. The van der Waals surface area contributed by atoms with Gasteiger partial charge in [-0.15, -0.1) is 0 Å². The highest BCUT2D eigenvalue weighted by atomic mass is 16.3. The molecule has 0 atom stereocenters. The summed E-state index contributed by atoms with van der Waals surface area (Å²) >= 11 is 0. The molecule has 1 N–H and O–H groups in total. The van der Waals surface area contributed by atoms with E-state index in [2.05, 4.69) is 16.2 Å². The molecule has 1 aromatic carbocycles. The van der Waals surface area contributed by atoms with Gasteiger partial charge in [-0.2, -0.15) is 15.0 Å². The molecule has 0 aliphatic rings. The quantitative estimate of drug-likeness (QED) is 0.785. The van der Waals surface area contributed by atoms with Gasteiger partial charge in [0.1, 0.15) is 0 Å². The number of nitrogens with zero attached hydrogens (tertiary/aromatic N) is 5. The Bertz CT molecular complexity index is 1010. The maximum atomic E-state index is 11.9. The Kier molecular flexibility index (Phi) is 4.42. The first-order chi connectivity index (χ1) is 12.4. The lowest BCUT2D eigenvalue weighted by molar-refractivity contribution is 0.0827. The second-order valence-corrected chi connectivity index (χ2v) is 6.04. The molecule has 0 unspecified atom stereocenters. The minimum atomic E-state index is -0.150. The first-order valence-corrected chi connectivity index (χ1v) is 7.88. The van der Waals surface area contributed by atoms with Crippen LogP contribution in [0.15, 0.2) is 42.7 Å². The first kappa shape index (κ1) is 17.2. The Labute approximate surface area is 150 Å². The van der Waals surface area contributed by atoms with Gasteiger partial charge in [-0.3, -0.25) is 4.79 Å². The van der Waals surface area contributed by atoms with E-state index in [-0.39, 0.29) is 11.8 Å². The fourth-order valence-corrected chi connectivity index (χ4v) is 2.63. The highest BCUT2D eigenvalue weighted by molar-refractivity contribution is 5.93. The zero-order valence-corrected chi connectivity index (χ0v) is 14.6. The van der Waals surface area contributed by atoms with E-state index in [1.807, 2.05) is 6.92 Å². The van der Waals surface area contributed by atoms with E-state index in [0.29, 0.717) is 22.5 Å². The molecule has 26 heavy (non-hydrogen) atoms. The molecule has 0 fully saturated rings. The molecule has 1 amide bonds. The fraction of sp³-hybridized carbons (Fsp3) is 0.158. The highest BCUT2D eigenvalue weighted by Crippen LogP contribution is 2.32. The molecule has 7 nitrogen and oxygen atoms in total. The summed E-state index contributed by atoms with van der Waals surface area (Å²) in [7, 11) is 3.34. The first-order valence-electron chi connectivity index (χ1n) is 7.88. The zero-order chi connectivity index (χ0) is 18.8. The highest BCUT2D eigenvalue weighted by Gasteiger charge is 2.16. The van der Waals surface area contributed by atoms with Crippen molar-refractivity contribution >= 4 is 5.91 Å². The van der Waals surface area contributed by atoms with Gasteiger partial charge < -0.3 is 10.0 Å². The summed E-state index contributed by atoms with van der Waals surface area (Å²) in [6.07, 6.45) is 3.00. The number of aryl methyl sites for hydroxylation is 1. The van der Waals surface area contributed by atoms with Crippen LogP contribution in [-0.2, 0) is 0 Å². The van der Waals surface area contributed by atoms with E-state index in [0.717, 1.165) is 11.1 Å². The summed E-state index contributed by atoms with van der Waals surface area (Å²) in [5.41, 5.74) is 3.20. The second kappa shape index (κ2) is 6.69. The minimum Gasteiger partial charge on any atom is -0.493 e. The number of aromatic nitrogens is 3. The van der Waals surface area contributed by atoms with Crippen molar-refractivity contribution < 1.29 is 9.90 Å². The van der Waals surface area contributed by atoms with Crippen molar-refractivity contribution in [1.29, 1.82) is 5.26 Å². The van der Waals surface area contributed by atoms with Crippen molar-refractivity contribution in [2.45, 2.75) is 6.92 Å². The molecule has 0 bridgehead atoms. The van der Waals surface area contributed by atoms with Crippen molar-refractivity contribution in [1.82, 2.24) is 19.7 Å². The third kappa shape index (κ3) is 3.00. The van der Waals surface area contributed by atoms with Gasteiger partial charge >= 0.3 is 0 Å². The van der Waals surface area contributed by atoms with Gasteiger partial charge in [0.05, 0.1) is 29.0 Å². The Balaban J connectivity index is 1.97. The average molecular weight is 347 g/mol. The van der Waals surface area contributed by atoms with Crippen LogP contribution in [0.4, 0.5) is 0 Å². The third-order valence-electron chi connectivity index (χ3n) is 4.01. The molecule has 2 heterocycles. The zero-order valence-electron chi connectivity index (χ0n) is 14.6. The van der Waals surface area contributed by atoms with Crippen LogP contribution in [-0.4, -0.2) is 44.8 Å². The summed E-state index contributed by atoms with van der Waals surface area (Å²) in [4.78, 5) is 17.6. The Morgan fingerprint density at radius 3 is 2.54 bits per heavy atom. The van der Waals surface area contributed by atoms with Gasteiger partial charge in [-0.1, -0.05) is 6.07 Å². The lowest BCUT2D eigenvalue weighted by Gasteiger charge is -2.10. The van der Waals surface area contributed by atoms with Crippen LogP contribution in [0.5, 0.6) is 5.88 Å². The molecule has 3 aromatic rings. The SMILES string of the molecule is Cc1cc(C#N)ccc1-c1cnn(-c2ccc(C(=O)N(C)C)cn2)c1O. The number of carbonyl (C=O) groups excluding carboxylic acids is 1. The predicted octanol–water partition coefficient (Wildman–Crippen LogP) is 2.52. The molecule has 0 aliphatic carbocycles. The molecular weight excluding hydrogens is 330 g/mol. The van der Waals surface area contributed by atoms with Gasteiger partial charge in [0.25, 0.3) is 5.91 Å². The maximum Gasteiger partial charge on any atom is 0.254 e. The summed E-state index contributed by atoms with van der Waals surface area (Å²) in [6.45, 7) is 1.87. The minimum absolute atomic E-state index is 0.0583. The number of carbonyl (C=O) groups is 1. The van der Waals surface area contributed by atoms with Crippen LogP contribution >= 0.6 is 0 Å². The van der Waals surface area contributed by atoms with E-state index in [1.165, 1.54) is 15.8 Å². The number of amides is 1. The fourth-order valence-electron chi connectivity index (χ4n) is 2.63. The van der Waals surface area contributed by atoms with Crippen LogP contribution in [0, 0.1) is 18.3 Å². The van der Waals surface area contributed by atoms with Crippen molar-refractivity contribution in [2.75, 3.05) is 14.1 Å². The molecule has 0 spiro atoms. The van der Waals surface area contributed by atoms with Crippen LogP contribution in [0.1, 0.15) is 21.5 Å². The average Bonchev–Trinajstić information content (AvgIpc) is 3.02. The van der Waals surface area contributed by atoms with Gasteiger partial charge in [0.2, 0.25) is 5.88 Å². The number of rotatable bonds is 3. The number of hydrogen-bond donors (Lipinski definition) is 1. The van der Waals surface area contributed by atoms with Crippen molar-refractivity contribution in [3.63, 3.8) is 0 Å². The molecule has 2 aromatic heterocycles. The number of benzene rings is 1. The van der Waals surface area contributed by atoms with Crippen molar-refractivity contribution in [2.24, 2.45) is 0 Å². The molecule has 0 saturated heterocycles. The molecular formula is C19H17N5O2. The van der Waals surface area contributed by atoms with E-state index in [4.69, 9.17) is 5.26 Å². The topological polar surface area (TPSA) is 95.0 Å². The summed E-state index contributed by atoms with van der Waals surface area (Å²) < 4.78 is 1.30. The summed E-state index contributed by atoms with van der Waals surface area (Å²) in [5, 5.41) is 23.7. The van der Waals surface area contributed by atoms with Gasteiger partial charge in [0, 0.05) is 20.3 Å². The summed E-state index contributed by atoms with van der Waals surface area (Å²) in [6, 6.07) is 10.6. The number of pyridine rings is 1. The molecule has 3 rings (SSSR count). The number of nitriles is 1. The van der Waals surface area contributed by atoms with Gasteiger partial charge in [-0.25, -0.2) is 4.98 Å². The Morgan fingerprint density at radius 1 is 1.19 bits per heavy atom. The molecule has 7 heteroatoms. The standard InChI is InChI=1S/C19H17N5O2/c1-12-8-13(9-20)4-6-15(12)16-11-22-24(19(16)26)17-7-5-14(10-21-17)18(25)23(2)3/h4-8,10-11,26H,1-3H3. The van der Waals surface area contributed by atoms with E-state index in [1.54, 1.807) is 50.6 Å². The monoisotopic (exact) mass is 347 g/mol. The van der Waals surface area contributed by atoms with Gasteiger partial charge in [0.15, 0.2) is 5.82 Å². The smallest absolute Gasteiger partial charge is 0.254 e. The van der Waals surface area contributed by atoms with E-state index < -0.39 is 0 Å². The van der Waals surface area contributed by atoms with Crippen LogP contribution in [0.25, 0.3) is 16.9 Å².